The summed E-state index contributed by atoms with van der Waals surface area (Å²) in [5.74, 6) is 1.53. The molecule has 1 amide bonds. The van der Waals surface area contributed by atoms with Crippen LogP contribution < -0.4 is 5.32 Å². The van der Waals surface area contributed by atoms with Crippen LogP contribution in [0.3, 0.4) is 0 Å². The van der Waals surface area contributed by atoms with Gasteiger partial charge in [0.1, 0.15) is 5.82 Å². The van der Waals surface area contributed by atoms with E-state index in [1.807, 2.05) is 11.6 Å². The Labute approximate surface area is 187 Å². The van der Waals surface area contributed by atoms with Crippen molar-refractivity contribution in [3.8, 4) is 0 Å². The van der Waals surface area contributed by atoms with Crippen LogP contribution >= 0.6 is 11.8 Å². The zero-order chi connectivity index (χ0) is 22.0. The van der Waals surface area contributed by atoms with Crippen LogP contribution in [0.5, 0.6) is 0 Å². The van der Waals surface area contributed by atoms with Crippen molar-refractivity contribution in [2.24, 2.45) is 7.05 Å². The largest absolute Gasteiger partial charge is 0.325 e. The van der Waals surface area contributed by atoms with Crippen LogP contribution in [0.4, 0.5) is 5.69 Å². The first kappa shape index (κ1) is 22.3. The first-order valence-electron chi connectivity index (χ1n) is 10.8. The predicted molar refractivity (Wildman–Crippen MR) is 121 cm³/mol. The molecule has 2 aromatic rings. The lowest BCUT2D eigenvalue weighted by Gasteiger charge is -2.30. The van der Waals surface area contributed by atoms with E-state index in [0.29, 0.717) is 11.6 Å². The molecule has 0 spiro atoms. The van der Waals surface area contributed by atoms with Crippen LogP contribution in [-0.2, 0) is 21.9 Å². The van der Waals surface area contributed by atoms with E-state index >= 15 is 0 Å². The van der Waals surface area contributed by atoms with Crippen molar-refractivity contribution in [2.45, 2.75) is 67.0 Å². The molecule has 0 aliphatic heterocycles. The van der Waals surface area contributed by atoms with Crippen molar-refractivity contribution in [3.05, 3.63) is 30.1 Å². The fourth-order valence-corrected chi connectivity index (χ4v) is 6.13. The summed E-state index contributed by atoms with van der Waals surface area (Å²) in [6, 6.07) is 6.45. The summed E-state index contributed by atoms with van der Waals surface area (Å²) in [7, 11) is 0.0580. The molecule has 8 nitrogen and oxygen atoms in total. The first-order valence-corrected chi connectivity index (χ1v) is 13.2. The minimum absolute atomic E-state index is 0.0659. The number of benzene rings is 1. The van der Waals surface area contributed by atoms with Gasteiger partial charge in [0, 0.05) is 31.7 Å². The van der Waals surface area contributed by atoms with Gasteiger partial charge in [-0.15, -0.1) is 10.2 Å². The summed E-state index contributed by atoms with van der Waals surface area (Å²) in [5, 5.41) is 11.9. The zero-order valence-corrected chi connectivity index (χ0v) is 19.6. The van der Waals surface area contributed by atoms with E-state index in [0.717, 1.165) is 49.5 Å². The monoisotopic (exact) mass is 463 g/mol. The number of amides is 1. The topological polar surface area (TPSA) is 97.2 Å². The van der Waals surface area contributed by atoms with E-state index < -0.39 is 10.0 Å². The Bertz CT molecular complexity index is 1030. The highest BCUT2D eigenvalue weighted by Crippen LogP contribution is 2.39. The third-order valence-electron chi connectivity index (χ3n) is 6.05. The molecule has 1 heterocycles. The smallest absolute Gasteiger partial charge is 0.243 e. The molecule has 4 rings (SSSR count). The molecule has 0 atom stereocenters. The van der Waals surface area contributed by atoms with Crippen LogP contribution in [0, 0.1) is 0 Å². The number of hydrogen-bond donors (Lipinski definition) is 1. The summed E-state index contributed by atoms with van der Waals surface area (Å²) in [4.78, 5) is 12.6. The third kappa shape index (κ3) is 5.12. The highest BCUT2D eigenvalue weighted by Gasteiger charge is 2.30. The number of carbonyl (C=O) groups is 1. The van der Waals surface area contributed by atoms with Gasteiger partial charge >= 0.3 is 0 Å². The number of nitrogens with zero attached hydrogens (tertiary/aromatic N) is 4. The Morgan fingerprint density at radius 3 is 2.45 bits per heavy atom. The molecule has 10 heteroatoms. The Morgan fingerprint density at radius 1 is 1.13 bits per heavy atom. The molecule has 2 saturated carbocycles. The number of aromatic nitrogens is 3. The molecule has 0 bridgehead atoms. The summed E-state index contributed by atoms with van der Waals surface area (Å²) < 4.78 is 29.3. The zero-order valence-electron chi connectivity index (χ0n) is 18.0. The van der Waals surface area contributed by atoms with E-state index in [4.69, 9.17) is 0 Å². The highest BCUT2D eigenvalue weighted by atomic mass is 32.2. The number of nitrogens with one attached hydrogen (secondary N) is 1. The van der Waals surface area contributed by atoms with Gasteiger partial charge in [0.05, 0.1) is 10.6 Å². The van der Waals surface area contributed by atoms with Gasteiger partial charge < -0.3 is 9.88 Å². The van der Waals surface area contributed by atoms with E-state index in [1.54, 1.807) is 31.3 Å². The van der Waals surface area contributed by atoms with Crippen LogP contribution in [0.1, 0.15) is 56.7 Å². The van der Waals surface area contributed by atoms with Crippen molar-refractivity contribution < 1.29 is 13.2 Å². The maximum atomic E-state index is 12.9. The Balaban J connectivity index is 1.33. The second-order valence-corrected chi connectivity index (χ2v) is 11.3. The molecule has 1 N–H and O–H groups in total. The molecule has 168 valence electrons. The van der Waals surface area contributed by atoms with Gasteiger partial charge in [-0.1, -0.05) is 31.0 Å². The third-order valence-corrected chi connectivity index (χ3v) is 8.99. The van der Waals surface area contributed by atoms with Crippen molar-refractivity contribution in [1.29, 1.82) is 0 Å². The molecule has 2 aliphatic carbocycles. The van der Waals surface area contributed by atoms with Gasteiger partial charge in [-0.2, -0.15) is 4.31 Å². The lowest BCUT2D eigenvalue weighted by molar-refractivity contribution is -0.113. The second-order valence-electron chi connectivity index (χ2n) is 8.35. The van der Waals surface area contributed by atoms with Crippen LogP contribution in [0.25, 0.3) is 0 Å². The SMILES string of the molecule is CN(C1CCCCC1)S(=O)(=O)c1ccc(NC(=O)CSc2nnc(C3CC3)n2C)cc1. The molecule has 1 aromatic carbocycles. The van der Waals surface area contributed by atoms with Gasteiger partial charge in [-0.05, 0) is 49.9 Å². The van der Waals surface area contributed by atoms with Crippen molar-refractivity contribution in [3.63, 3.8) is 0 Å². The molecule has 0 radical (unpaired) electrons. The molecular weight excluding hydrogens is 434 g/mol. The average Bonchev–Trinajstić information content (AvgIpc) is 3.55. The number of carbonyl (C=O) groups excluding carboxylic acids is 1. The van der Waals surface area contributed by atoms with Crippen molar-refractivity contribution >= 4 is 33.4 Å². The lowest BCUT2D eigenvalue weighted by atomic mass is 9.96. The summed E-state index contributed by atoms with van der Waals surface area (Å²) >= 11 is 1.34. The van der Waals surface area contributed by atoms with Gasteiger partial charge in [0.2, 0.25) is 15.9 Å². The Hall–Kier alpha value is -1.91. The standard InChI is InChI=1S/C21H29N5O3S2/c1-25-20(15-8-9-15)23-24-21(25)30-14-19(27)22-16-10-12-18(13-11-16)31(28,29)26(2)17-6-4-3-5-7-17/h10-13,15,17H,3-9,14H2,1-2H3,(H,22,27). The summed E-state index contributed by atoms with van der Waals surface area (Å²) in [5.41, 5.74) is 0.571. The number of rotatable bonds is 8. The van der Waals surface area contributed by atoms with Crippen molar-refractivity contribution in [2.75, 3.05) is 18.1 Å². The minimum atomic E-state index is -3.54. The van der Waals surface area contributed by atoms with Gasteiger partial charge in [-0.3, -0.25) is 4.79 Å². The molecular formula is C21H29N5O3S2. The van der Waals surface area contributed by atoms with E-state index in [9.17, 15) is 13.2 Å². The van der Waals surface area contributed by atoms with Crippen molar-refractivity contribution in [1.82, 2.24) is 19.1 Å². The molecule has 31 heavy (non-hydrogen) atoms. The Morgan fingerprint density at radius 2 is 1.81 bits per heavy atom. The highest BCUT2D eigenvalue weighted by molar-refractivity contribution is 7.99. The number of hydrogen-bond acceptors (Lipinski definition) is 6. The average molecular weight is 464 g/mol. The minimum Gasteiger partial charge on any atom is -0.325 e. The van der Waals surface area contributed by atoms with Gasteiger partial charge in [0.15, 0.2) is 5.16 Å². The first-order chi connectivity index (χ1) is 14.9. The molecule has 1 aromatic heterocycles. The second kappa shape index (κ2) is 9.30. The van der Waals surface area contributed by atoms with Crippen LogP contribution in [0.15, 0.2) is 34.3 Å². The van der Waals surface area contributed by atoms with E-state index in [1.165, 1.54) is 22.5 Å². The fraction of sp³-hybridized carbons (Fsp3) is 0.571. The maximum Gasteiger partial charge on any atom is 0.243 e. The molecule has 2 aliphatic rings. The van der Waals surface area contributed by atoms with Gasteiger partial charge in [0.25, 0.3) is 0 Å². The Kier molecular flexibility index (Phi) is 6.68. The summed E-state index contributed by atoms with van der Waals surface area (Å²) in [6.45, 7) is 0. The summed E-state index contributed by atoms with van der Waals surface area (Å²) in [6.07, 6.45) is 7.45. The van der Waals surface area contributed by atoms with E-state index in [-0.39, 0.29) is 22.6 Å². The lowest BCUT2D eigenvalue weighted by Crippen LogP contribution is -2.38. The van der Waals surface area contributed by atoms with Crippen LogP contribution in [-0.4, -0.2) is 52.2 Å². The predicted octanol–water partition coefficient (Wildman–Crippen LogP) is 3.38. The maximum absolute atomic E-state index is 12.9. The quantitative estimate of drug-likeness (QED) is 0.603. The van der Waals surface area contributed by atoms with Gasteiger partial charge in [-0.25, -0.2) is 8.42 Å². The number of anilines is 1. The normalized spacial score (nSPS) is 17.8. The van der Waals surface area contributed by atoms with Crippen LogP contribution in [0.2, 0.25) is 0 Å². The molecule has 0 saturated heterocycles. The molecule has 0 unspecified atom stereocenters. The molecule has 2 fully saturated rings. The fourth-order valence-electron chi connectivity index (χ4n) is 3.99. The van der Waals surface area contributed by atoms with E-state index in [2.05, 4.69) is 15.5 Å². The number of thioether (sulfide) groups is 1. The number of sulfonamides is 1.